The molecule has 1 aromatic carbocycles. The van der Waals surface area contributed by atoms with Gasteiger partial charge in [-0.1, -0.05) is 18.2 Å². The third-order valence-electron chi connectivity index (χ3n) is 5.98. The lowest BCUT2D eigenvalue weighted by molar-refractivity contribution is -0.149. The van der Waals surface area contributed by atoms with Crippen LogP contribution in [-0.4, -0.2) is 41.7 Å². The number of imide groups is 1. The Kier molecular flexibility index (Phi) is 4.68. The van der Waals surface area contributed by atoms with Crippen LogP contribution in [0.5, 0.6) is 0 Å². The number of nitrogens with one attached hydrogen (secondary N) is 1. The molecule has 7 nitrogen and oxygen atoms in total. The largest absolute Gasteiger partial charge is 0.456 e. The molecule has 0 spiro atoms. The van der Waals surface area contributed by atoms with Gasteiger partial charge >= 0.3 is 5.97 Å². The van der Waals surface area contributed by atoms with Gasteiger partial charge in [0.25, 0.3) is 5.91 Å². The van der Waals surface area contributed by atoms with E-state index in [2.05, 4.69) is 5.32 Å². The summed E-state index contributed by atoms with van der Waals surface area (Å²) in [7, 11) is 0. The molecule has 0 unspecified atom stereocenters. The first-order valence-corrected chi connectivity index (χ1v) is 9.40. The number of fused-ring (bicyclic) bond motifs is 5. The topological polar surface area (TPSA) is 92.8 Å². The summed E-state index contributed by atoms with van der Waals surface area (Å²) >= 11 is 0. The molecule has 2 bridgehead atoms. The van der Waals surface area contributed by atoms with Crippen molar-refractivity contribution < 1.29 is 23.9 Å². The number of anilines is 1. The van der Waals surface area contributed by atoms with Crippen LogP contribution < -0.4 is 5.32 Å². The van der Waals surface area contributed by atoms with Crippen LogP contribution in [0.2, 0.25) is 0 Å². The molecule has 142 valence electrons. The van der Waals surface area contributed by atoms with Gasteiger partial charge in [-0.05, 0) is 43.2 Å². The molecule has 3 amide bonds. The van der Waals surface area contributed by atoms with Crippen LogP contribution >= 0.6 is 0 Å². The van der Waals surface area contributed by atoms with Crippen molar-refractivity contribution in [2.45, 2.75) is 25.7 Å². The number of hydrogen-bond donors (Lipinski definition) is 1. The first-order chi connectivity index (χ1) is 13.0. The van der Waals surface area contributed by atoms with Gasteiger partial charge < -0.3 is 10.1 Å². The molecule has 4 atom stereocenters. The molecule has 3 fully saturated rings. The van der Waals surface area contributed by atoms with Crippen LogP contribution in [0, 0.1) is 23.7 Å². The summed E-state index contributed by atoms with van der Waals surface area (Å²) < 4.78 is 4.95. The molecule has 1 aromatic rings. The van der Waals surface area contributed by atoms with Crippen molar-refractivity contribution in [2.24, 2.45) is 23.7 Å². The normalized spacial score (nSPS) is 28.4. The van der Waals surface area contributed by atoms with Gasteiger partial charge in [0, 0.05) is 12.2 Å². The standard InChI is InChI=1S/C20H22N2O5/c23-15(21-14-4-2-1-3-5-14)11-27-16(24)8-9-22-19(25)17-12-6-7-13(10-12)18(17)20(22)26/h1-5,12-13,17-18H,6-11H2,(H,21,23)/t12-,13+,17-,18+. The molecule has 0 radical (unpaired) electrons. The fourth-order valence-corrected chi connectivity index (χ4v) is 4.83. The minimum absolute atomic E-state index is 0.0310. The lowest BCUT2D eigenvalue weighted by atomic mass is 9.81. The van der Waals surface area contributed by atoms with Gasteiger partial charge in [-0.2, -0.15) is 0 Å². The van der Waals surface area contributed by atoms with Crippen molar-refractivity contribution in [1.82, 2.24) is 4.90 Å². The Morgan fingerprint density at radius 2 is 1.67 bits per heavy atom. The van der Waals surface area contributed by atoms with Crippen molar-refractivity contribution in [3.8, 4) is 0 Å². The quantitative estimate of drug-likeness (QED) is 0.606. The minimum atomic E-state index is -0.598. The third-order valence-corrected chi connectivity index (χ3v) is 5.98. The number of amides is 3. The molecule has 1 saturated heterocycles. The number of rotatable bonds is 6. The van der Waals surface area contributed by atoms with Gasteiger partial charge in [0.2, 0.25) is 11.8 Å². The second-order valence-electron chi connectivity index (χ2n) is 7.54. The molecule has 1 aliphatic heterocycles. The van der Waals surface area contributed by atoms with E-state index in [0.29, 0.717) is 17.5 Å². The zero-order valence-electron chi connectivity index (χ0n) is 14.9. The summed E-state index contributed by atoms with van der Waals surface area (Å²) in [6.45, 7) is -0.367. The summed E-state index contributed by atoms with van der Waals surface area (Å²) in [5.41, 5.74) is 0.618. The lowest BCUT2D eigenvalue weighted by Gasteiger charge is -2.19. The number of para-hydroxylation sites is 1. The smallest absolute Gasteiger partial charge is 0.308 e. The highest BCUT2D eigenvalue weighted by molar-refractivity contribution is 6.06. The first-order valence-electron chi connectivity index (χ1n) is 9.40. The van der Waals surface area contributed by atoms with E-state index >= 15 is 0 Å². The monoisotopic (exact) mass is 370 g/mol. The molecule has 1 N–H and O–H groups in total. The minimum Gasteiger partial charge on any atom is -0.456 e. The highest BCUT2D eigenvalue weighted by Gasteiger charge is 2.60. The van der Waals surface area contributed by atoms with Crippen LogP contribution in [0.25, 0.3) is 0 Å². The van der Waals surface area contributed by atoms with Gasteiger partial charge in [-0.3, -0.25) is 24.1 Å². The van der Waals surface area contributed by atoms with Crippen LogP contribution in [0.3, 0.4) is 0 Å². The maximum absolute atomic E-state index is 12.6. The predicted molar refractivity (Wildman–Crippen MR) is 95.2 cm³/mol. The van der Waals surface area contributed by atoms with Gasteiger partial charge in [0.05, 0.1) is 18.3 Å². The van der Waals surface area contributed by atoms with Gasteiger partial charge in [-0.15, -0.1) is 0 Å². The zero-order chi connectivity index (χ0) is 19.0. The van der Waals surface area contributed by atoms with Crippen molar-refractivity contribution >= 4 is 29.4 Å². The van der Waals surface area contributed by atoms with Crippen molar-refractivity contribution in [2.75, 3.05) is 18.5 Å². The van der Waals surface area contributed by atoms with Crippen molar-refractivity contribution in [3.05, 3.63) is 30.3 Å². The second kappa shape index (κ2) is 7.13. The maximum Gasteiger partial charge on any atom is 0.308 e. The van der Waals surface area contributed by atoms with E-state index in [-0.39, 0.29) is 36.6 Å². The number of nitrogens with zero attached hydrogens (tertiary/aromatic N) is 1. The van der Waals surface area contributed by atoms with Gasteiger partial charge in [0.15, 0.2) is 6.61 Å². The summed E-state index contributed by atoms with van der Waals surface area (Å²) in [6, 6.07) is 8.86. The zero-order valence-corrected chi connectivity index (χ0v) is 14.9. The molecule has 3 aliphatic rings. The Bertz CT molecular complexity index is 750. The van der Waals surface area contributed by atoms with E-state index in [0.717, 1.165) is 19.3 Å². The Morgan fingerprint density at radius 1 is 1.04 bits per heavy atom. The molecule has 27 heavy (non-hydrogen) atoms. The first kappa shape index (κ1) is 17.7. The van der Waals surface area contributed by atoms with E-state index < -0.39 is 18.5 Å². The van der Waals surface area contributed by atoms with E-state index in [1.165, 1.54) is 4.90 Å². The number of esters is 1. The van der Waals surface area contributed by atoms with E-state index in [1.807, 2.05) is 6.07 Å². The van der Waals surface area contributed by atoms with Crippen LogP contribution in [0.1, 0.15) is 25.7 Å². The Labute approximate surface area is 157 Å². The Balaban J connectivity index is 1.23. The molecular formula is C20H22N2O5. The van der Waals surface area contributed by atoms with Gasteiger partial charge in [0.1, 0.15) is 0 Å². The molecule has 2 aliphatic carbocycles. The molecule has 4 rings (SSSR count). The fourth-order valence-electron chi connectivity index (χ4n) is 4.83. The molecule has 2 saturated carbocycles. The van der Waals surface area contributed by atoms with Gasteiger partial charge in [-0.25, -0.2) is 0 Å². The number of ether oxygens (including phenoxy) is 1. The van der Waals surface area contributed by atoms with Crippen LogP contribution in [0.4, 0.5) is 5.69 Å². The van der Waals surface area contributed by atoms with Crippen LogP contribution in [-0.2, 0) is 23.9 Å². The van der Waals surface area contributed by atoms with E-state index in [1.54, 1.807) is 24.3 Å². The van der Waals surface area contributed by atoms with Crippen molar-refractivity contribution in [1.29, 1.82) is 0 Å². The Morgan fingerprint density at radius 3 is 2.30 bits per heavy atom. The number of hydrogen-bond acceptors (Lipinski definition) is 5. The number of benzene rings is 1. The summed E-state index contributed by atoms with van der Waals surface area (Å²) in [5, 5.41) is 2.62. The molecular weight excluding hydrogens is 348 g/mol. The summed E-state index contributed by atoms with van der Waals surface area (Å²) in [4.78, 5) is 50.0. The average molecular weight is 370 g/mol. The van der Waals surface area contributed by atoms with E-state index in [9.17, 15) is 19.2 Å². The Hall–Kier alpha value is -2.70. The highest BCUT2D eigenvalue weighted by Crippen LogP contribution is 2.56. The number of carbonyl (C=O) groups excluding carboxylic acids is 4. The predicted octanol–water partition coefficient (Wildman–Crippen LogP) is 1.59. The highest BCUT2D eigenvalue weighted by atomic mass is 16.5. The van der Waals surface area contributed by atoms with Crippen molar-refractivity contribution in [3.63, 3.8) is 0 Å². The second-order valence-corrected chi connectivity index (χ2v) is 7.54. The fraction of sp³-hybridized carbons (Fsp3) is 0.500. The summed E-state index contributed by atoms with van der Waals surface area (Å²) in [5.74, 6) is -0.996. The number of carbonyl (C=O) groups is 4. The molecule has 0 aromatic heterocycles. The lowest BCUT2D eigenvalue weighted by Crippen LogP contribution is -2.35. The van der Waals surface area contributed by atoms with Crippen LogP contribution in [0.15, 0.2) is 30.3 Å². The third kappa shape index (κ3) is 3.34. The summed E-state index contributed by atoms with van der Waals surface area (Å²) in [6.07, 6.45) is 2.94. The molecule has 7 heteroatoms. The van der Waals surface area contributed by atoms with E-state index in [4.69, 9.17) is 4.74 Å². The maximum atomic E-state index is 12.6. The average Bonchev–Trinajstić information content (AvgIpc) is 3.34. The molecule has 1 heterocycles. The SMILES string of the molecule is O=C(COC(=O)CCN1C(=O)[C@@H]2[C@@H]3CC[C@@H](C3)[C@@H]2C1=O)Nc1ccccc1. The number of likely N-dealkylation sites (tertiary alicyclic amines) is 1.